The highest BCUT2D eigenvalue weighted by Gasteiger charge is 2.17. The van der Waals surface area contributed by atoms with Crippen LogP contribution in [-0.2, 0) is 4.74 Å². The highest BCUT2D eigenvalue weighted by molar-refractivity contribution is 5.80. The second kappa shape index (κ2) is 7.92. The van der Waals surface area contributed by atoms with Crippen molar-refractivity contribution in [1.82, 2.24) is 19.9 Å². The maximum absolute atomic E-state index is 5.74. The molecule has 0 aliphatic carbocycles. The molecule has 0 unspecified atom stereocenters. The molecule has 0 bridgehead atoms. The fraction of sp³-hybridized carbons (Fsp3) is 0.182. The average molecular weight is 399 g/mol. The highest BCUT2D eigenvalue weighted by atomic mass is 16.5. The SMILES string of the molecule is Nc1ccc(-c2cc(Nc3ccc4ccccc4n3)nc(N3CCOCC3)n2)cn1. The molecule has 1 fully saturated rings. The topological polar surface area (TPSA) is 102 Å². The first kappa shape index (κ1) is 18.3. The van der Waals surface area contributed by atoms with E-state index in [1.165, 1.54) is 0 Å². The Labute approximate surface area is 173 Å². The monoisotopic (exact) mass is 399 g/mol. The maximum Gasteiger partial charge on any atom is 0.228 e. The van der Waals surface area contributed by atoms with Gasteiger partial charge < -0.3 is 20.7 Å². The quantitative estimate of drug-likeness (QED) is 0.539. The van der Waals surface area contributed by atoms with Crippen molar-refractivity contribution in [3.05, 3.63) is 60.8 Å². The van der Waals surface area contributed by atoms with Crippen LogP contribution in [0.5, 0.6) is 0 Å². The van der Waals surface area contributed by atoms with E-state index in [1.54, 1.807) is 12.3 Å². The predicted octanol–water partition coefficient (Wildman–Crippen LogP) is 3.25. The Morgan fingerprint density at radius 2 is 1.77 bits per heavy atom. The van der Waals surface area contributed by atoms with Gasteiger partial charge in [-0.2, -0.15) is 4.98 Å². The number of fused-ring (bicyclic) bond motifs is 1. The number of hydrogen-bond acceptors (Lipinski definition) is 8. The van der Waals surface area contributed by atoms with E-state index in [1.807, 2.05) is 48.5 Å². The standard InChI is InChI=1S/C22H21N7O/c23-19-7-5-16(14-24-19)18-13-21(28-22(26-18)29-9-11-30-12-10-29)27-20-8-6-15-3-1-2-4-17(15)25-20/h1-8,13-14H,9-12H2,(H2,23,24)(H,25,26,27,28). The minimum Gasteiger partial charge on any atom is -0.384 e. The first-order valence-electron chi connectivity index (χ1n) is 9.81. The lowest BCUT2D eigenvalue weighted by Gasteiger charge is -2.27. The normalized spacial score (nSPS) is 14.1. The van der Waals surface area contributed by atoms with Crippen LogP contribution in [0.25, 0.3) is 22.2 Å². The van der Waals surface area contributed by atoms with Gasteiger partial charge in [0.15, 0.2) is 0 Å². The number of para-hydroxylation sites is 1. The summed E-state index contributed by atoms with van der Waals surface area (Å²) in [6.07, 6.45) is 1.72. The van der Waals surface area contributed by atoms with Crippen LogP contribution in [0.2, 0.25) is 0 Å². The largest absolute Gasteiger partial charge is 0.384 e. The van der Waals surface area contributed by atoms with Crippen LogP contribution in [0.4, 0.5) is 23.4 Å². The number of ether oxygens (including phenoxy) is 1. The molecule has 0 amide bonds. The van der Waals surface area contributed by atoms with Crippen LogP contribution >= 0.6 is 0 Å². The number of aromatic nitrogens is 4. The number of nitrogens with two attached hydrogens (primary N) is 1. The third-order valence-corrected chi connectivity index (χ3v) is 4.94. The molecule has 0 spiro atoms. The summed E-state index contributed by atoms with van der Waals surface area (Å²) in [5.74, 6) is 2.51. The zero-order valence-electron chi connectivity index (χ0n) is 16.3. The zero-order valence-corrected chi connectivity index (χ0v) is 16.3. The summed E-state index contributed by atoms with van der Waals surface area (Å²) in [5.41, 5.74) is 8.30. The molecule has 3 aromatic heterocycles. The summed E-state index contributed by atoms with van der Waals surface area (Å²) < 4.78 is 5.47. The fourth-order valence-corrected chi connectivity index (χ4v) is 3.37. The third-order valence-electron chi connectivity index (χ3n) is 4.94. The van der Waals surface area contributed by atoms with E-state index in [0.717, 1.165) is 41.1 Å². The van der Waals surface area contributed by atoms with Crippen molar-refractivity contribution in [3.63, 3.8) is 0 Å². The summed E-state index contributed by atoms with van der Waals surface area (Å²) in [5, 5.41) is 4.42. The number of anilines is 4. The van der Waals surface area contributed by atoms with Crippen molar-refractivity contribution in [3.8, 4) is 11.3 Å². The van der Waals surface area contributed by atoms with Gasteiger partial charge in [0, 0.05) is 36.3 Å². The van der Waals surface area contributed by atoms with Crippen LogP contribution in [0.1, 0.15) is 0 Å². The number of nitrogens with one attached hydrogen (secondary N) is 1. The molecule has 0 atom stereocenters. The molecule has 8 nitrogen and oxygen atoms in total. The summed E-state index contributed by atoms with van der Waals surface area (Å²) in [7, 11) is 0. The third kappa shape index (κ3) is 3.85. The molecular formula is C22H21N7O. The van der Waals surface area contributed by atoms with Gasteiger partial charge in [0.2, 0.25) is 5.95 Å². The van der Waals surface area contributed by atoms with E-state index in [0.29, 0.717) is 30.8 Å². The van der Waals surface area contributed by atoms with Gasteiger partial charge >= 0.3 is 0 Å². The summed E-state index contributed by atoms with van der Waals surface area (Å²) in [6.45, 7) is 2.81. The van der Waals surface area contributed by atoms with Crippen molar-refractivity contribution >= 4 is 34.3 Å². The van der Waals surface area contributed by atoms with Crippen molar-refractivity contribution < 1.29 is 4.74 Å². The van der Waals surface area contributed by atoms with Crippen molar-refractivity contribution in [1.29, 1.82) is 0 Å². The van der Waals surface area contributed by atoms with E-state index < -0.39 is 0 Å². The molecule has 8 heteroatoms. The van der Waals surface area contributed by atoms with Crippen molar-refractivity contribution in [2.75, 3.05) is 42.3 Å². The lowest BCUT2D eigenvalue weighted by Crippen LogP contribution is -2.37. The van der Waals surface area contributed by atoms with Crippen LogP contribution < -0.4 is 16.0 Å². The number of morpholine rings is 1. The lowest BCUT2D eigenvalue weighted by molar-refractivity contribution is 0.122. The van der Waals surface area contributed by atoms with Gasteiger partial charge in [-0.3, -0.25) is 0 Å². The summed E-state index contributed by atoms with van der Waals surface area (Å²) in [4.78, 5) is 20.5. The Morgan fingerprint density at radius 3 is 2.60 bits per heavy atom. The second-order valence-electron chi connectivity index (χ2n) is 7.02. The van der Waals surface area contributed by atoms with Gasteiger partial charge in [0.25, 0.3) is 0 Å². The summed E-state index contributed by atoms with van der Waals surface area (Å²) >= 11 is 0. The maximum atomic E-state index is 5.74. The van der Waals surface area contributed by atoms with Crippen LogP contribution in [0, 0.1) is 0 Å². The molecule has 30 heavy (non-hydrogen) atoms. The molecule has 0 saturated carbocycles. The van der Waals surface area contributed by atoms with E-state index in [-0.39, 0.29) is 0 Å². The van der Waals surface area contributed by atoms with E-state index >= 15 is 0 Å². The van der Waals surface area contributed by atoms with Gasteiger partial charge in [0.1, 0.15) is 17.5 Å². The van der Waals surface area contributed by atoms with Crippen LogP contribution in [-0.4, -0.2) is 46.2 Å². The predicted molar refractivity (Wildman–Crippen MR) is 118 cm³/mol. The molecule has 5 rings (SSSR count). The van der Waals surface area contributed by atoms with Gasteiger partial charge in [-0.05, 0) is 30.3 Å². The first-order chi connectivity index (χ1) is 14.7. The molecule has 1 aliphatic rings. The Hall–Kier alpha value is -3.78. The van der Waals surface area contributed by atoms with Crippen LogP contribution in [0.3, 0.4) is 0 Å². The van der Waals surface area contributed by atoms with E-state index in [9.17, 15) is 0 Å². The molecular weight excluding hydrogens is 378 g/mol. The number of benzene rings is 1. The molecule has 3 N–H and O–H groups in total. The molecule has 1 aromatic carbocycles. The Morgan fingerprint density at radius 1 is 0.900 bits per heavy atom. The smallest absolute Gasteiger partial charge is 0.228 e. The molecule has 1 aliphatic heterocycles. The lowest BCUT2D eigenvalue weighted by atomic mass is 10.2. The number of rotatable bonds is 4. The van der Waals surface area contributed by atoms with Gasteiger partial charge in [-0.1, -0.05) is 18.2 Å². The molecule has 4 aromatic rings. The zero-order chi connectivity index (χ0) is 20.3. The Bertz CT molecular complexity index is 1170. The number of nitrogens with zero attached hydrogens (tertiary/aromatic N) is 5. The molecule has 150 valence electrons. The highest BCUT2D eigenvalue weighted by Crippen LogP contribution is 2.25. The Balaban J connectivity index is 1.53. The second-order valence-corrected chi connectivity index (χ2v) is 7.02. The molecule has 0 radical (unpaired) electrons. The summed E-state index contributed by atoms with van der Waals surface area (Å²) in [6, 6.07) is 17.6. The van der Waals surface area contributed by atoms with Gasteiger partial charge in [0.05, 0.1) is 24.4 Å². The average Bonchev–Trinajstić information content (AvgIpc) is 2.80. The van der Waals surface area contributed by atoms with Crippen molar-refractivity contribution in [2.45, 2.75) is 0 Å². The number of nitrogen functional groups attached to an aromatic ring is 1. The van der Waals surface area contributed by atoms with Gasteiger partial charge in [-0.25, -0.2) is 15.0 Å². The molecule has 4 heterocycles. The minimum absolute atomic E-state index is 0.472. The van der Waals surface area contributed by atoms with Crippen LogP contribution in [0.15, 0.2) is 60.8 Å². The fourth-order valence-electron chi connectivity index (χ4n) is 3.37. The molecule has 1 saturated heterocycles. The van der Waals surface area contributed by atoms with Gasteiger partial charge in [-0.15, -0.1) is 0 Å². The minimum atomic E-state index is 0.472. The number of hydrogen-bond donors (Lipinski definition) is 2. The first-order valence-corrected chi connectivity index (χ1v) is 9.81. The van der Waals surface area contributed by atoms with Crippen molar-refractivity contribution in [2.24, 2.45) is 0 Å². The Kier molecular flexibility index (Phi) is 4.82. The number of pyridine rings is 2. The van der Waals surface area contributed by atoms with E-state index in [2.05, 4.69) is 15.2 Å². The van der Waals surface area contributed by atoms with E-state index in [4.69, 9.17) is 25.4 Å².